The molecule has 1 aromatic rings. The van der Waals surface area contributed by atoms with E-state index in [0.29, 0.717) is 5.69 Å². The SMILES string of the molecule is CCCCCCCCCCCCCCCCCCn1ccc(=O)c(O)c1C. The molecule has 156 valence electrons. The van der Waals surface area contributed by atoms with Crippen molar-refractivity contribution < 1.29 is 5.11 Å². The van der Waals surface area contributed by atoms with Gasteiger partial charge in [0.05, 0.1) is 5.69 Å². The van der Waals surface area contributed by atoms with Gasteiger partial charge in [-0.3, -0.25) is 4.79 Å². The zero-order valence-electron chi connectivity index (χ0n) is 18.0. The lowest BCUT2D eigenvalue weighted by molar-refractivity contribution is 0.449. The zero-order valence-corrected chi connectivity index (χ0v) is 18.0. The third-order valence-corrected chi connectivity index (χ3v) is 5.67. The molecular formula is C24H43NO2. The van der Waals surface area contributed by atoms with Gasteiger partial charge in [-0.15, -0.1) is 0 Å². The van der Waals surface area contributed by atoms with E-state index in [1.165, 1.54) is 102 Å². The zero-order chi connectivity index (χ0) is 19.7. The second-order valence-electron chi connectivity index (χ2n) is 8.11. The normalized spacial score (nSPS) is 11.2. The molecule has 1 N–H and O–H groups in total. The molecule has 0 unspecified atom stereocenters. The van der Waals surface area contributed by atoms with Crippen molar-refractivity contribution in [1.29, 1.82) is 0 Å². The van der Waals surface area contributed by atoms with Crippen LogP contribution in [-0.2, 0) is 6.54 Å². The standard InChI is InChI=1S/C24H43NO2/c1-3-4-5-6-7-8-9-10-11-12-13-14-15-16-17-18-20-25-21-19-23(26)24(27)22(25)2/h19,21,27H,3-18,20H2,1-2H3. The number of aryl methyl sites for hydroxylation is 1. The molecule has 0 aliphatic heterocycles. The number of pyridine rings is 1. The van der Waals surface area contributed by atoms with Gasteiger partial charge in [-0.25, -0.2) is 0 Å². The fraction of sp³-hybridized carbons (Fsp3) is 0.792. The van der Waals surface area contributed by atoms with Crippen LogP contribution in [0, 0.1) is 6.92 Å². The van der Waals surface area contributed by atoms with Gasteiger partial charge in [0.25, 0.3) is 0 Å². The Morgan fingerprint density at radius 1 is 0.741 bits per heavy atom. The van der Waals surface area contributed by atoms with Crippen LogP contribution < -0.4 is 5.43 Å². The number of hydrogen-bond donors (Lipinski definition) is 1. The number of nitrogens with zero attached hydrogens (tertiary/aromatic N) is 1. The second-order valence-corrected chi connectivity index (χ2v) is 8.11. The van der Waals surface area contributed by atoms with Crippen molar-refractivity contribution in [2.45, 2.75) is 123 Å². The Bertz CT molecular complexity index is 536. The minimum Gasteiger partial charge on any atom is -0.503 e. The van der Waals surface area contributed by atoms with Crippen LogP contribution in [-0.4, -0.2) is 9.67 Å². The Kier molecular flexibility index (Phi) is 13.9. The maximum atomic E-state index is 11.4. The van der Waals surface area contributed by atoms with Gasteiger partial charge in [0.2, 0.25) is 5.43 Å². The summed E-state index contributed by atoms with van der Waals surface area (Å²) in [5.41, 5.74) is 0.402. The summed E-state index contributed by atoms with van der Waals surface area (Å²) in [5, 5.41) is 9.69. The summed E-state index contributed by atoms with van der Waals surface area (Å²) in [5.74, 6) is -0.103. The highest BCUT2D eigenvalue weighted by atomic mass is 16.3. The van der Waals surface area contributed by atoms with E-state index in [0.717, 1.165) is 13.0 Å². The molecule has 0 aromatic carbocycles. The Morgan fingerprint density at radius 3 is 1.59 bits per heavy atom. The molecule has 0 saturated carbocycles. The lowest BCUT2D eigenvalue weighted by atomic mass is 10.0. The topological polar surface area (TPSA) is 42.2 Å². The molecule has 1 heterocycles. The van der Waals surface area contributed by atoms with Crippen LogP contribution >= 0.6 is 0 Å². The molecule has 1 rings (SSSR count). The summed E-state index contributed by atoms with van der Waals surface area (Å²) >= 11 is 0. The van der Waals surface area contributed by atoms with E-state index in [2.05, 4.69) is 6.92 Å². The molecule has 0 atom stereocenters. The average Bonchev–Trinajstić information content (AvgIpc) is 2.67. The van der Waals surface area contributed by atoms with Gasteiger partial charge >= 0.3 is 0 Å². The minimum absolute atomic E-state index is 0.103. The van der Waals surface area contributed by atoms with E-state index in [9.17, 15) is 9.90 Å². The number of unbranched alkanes of at least 4 members (excludes halogenated alkanes) is 15. The first-order valence-corrected chi connectivity index (χ1v) is 11.6. The van der Waals surface area contributed by atoms with Gasteiger partial charge in [-0.2, -0.15) is 0 Å². The lowest BCUT2D eigenvalue weighted by Crippen LogP contribution is -2.10. The second kappa shape index (κ2) is 15.8. The van der Waals surface area contributed by atoms with Crippen LogP contribution in [0.1, 0.15) is 115 Å². The summed E-state index contributed by atoms with van der Waals surface area (Å²) in [6.07, 6.45) is 23.7. The number of aromatic hydroxyl groups is 1. The Labute approximate surface area is 167 Å². The van der Waals surface area contributed by atoms with Crippen molar-refractivity contribution in [1.82, 2.24) is 4.57 Å². The van der Waals surface area contributed by atoms with E-state index < -0.39 is 0 Å². The van der Waals surface area contributed by atoms with Crippen molar-refractivity contribution in [2.24, 2.45) is 0 Å². The Hall–Kier alpha value is -1.25. The van der Waals surface area contributed by atoms with Crippen LogP contribution in [0.25, 0.3) is 0 Å². The van der Waals surface area contributed by atoms with E-state index in [-0.39, 0.29) is 11.2 Å². The van der Waals surface area contributed by atoms with Gasteiger partial charge in [0.15, 0.2) is 5.75 Å². The first-order valence-electron chi connectivity index (χ1n) is 11.6. The van der Waals surface area contributed by atoms with Crippen LogP contribution in [0.4, 0.5) is 0 Å². The average molecular weight is 378 g/mol. The fourth-order valence-electron chi connectivity index (χ4n) is 3.74. The third-order valence-electron chi connectivity index (χ3n) is 5.67. The maximum absolute atomic E-state index is 11.4. The van der Waals surface area contributed by atoms with Gasteiger partial charge in [0, 0.05) is 18.8 Å². The molecule has 27 heavy (non-hydrogen) atoms. The monoisotopic (exact) mass is 377 g/mol. The molecule has 0 fully saturated rings. The number of hydrogen-bond acceptors (Lipinski definition) is 2. The summed E-state index contributed by atoms with van der Waals surface area (Å²) < 4.78 is 1.99. The van der Waals surface area contributed by atoms with Gasteiger partial charge in [0.1, 0.15) is 0 Å². The van der Waals surface area contributed by atoms with Crippen LogP contribution in [0.3, 0.4) is 0 Å². The molecule has 3 heteroatoms. The van der Waals surface area contributed by atoms with Crippen molar-refractivity contribution in [3.05, 3.63) is 28.2 Å². The smallest absolute Gasteiger partial charge is 0.223 e. The molecule has 0 spiro atoms. The molecule has 0 amide bonds. The van der Waals surface area contributed by atoms with E-state index >= 15 is 0 Å². The summed E-state index contributed by atoms with van der Waals surface area (Å²) in [6.45, 7) is 4.98. The Balaban J connectivity index is 1.86. The molecule has 3 nitrogen and oxygen atoms in total. The number of rotatable bonds is 17. The third kappa shape index (κ3) is 11.2. The van der Waals surface area contributed by atoms with Gasteiger partial charge in [-0.1, -0.05) is 103 Å². The highest BCUT2D eigenvalue weighted by molar-refractivity contribution is 5.25. The van der Waals surface area contributed by atoms with Crippen molar-refractivity contribution >= 4 is 0 Å². The van der Waals surface area contributed by atoms with Crippen molar-refractivity contribution in [3.63, 3.8) is 0 Å². The molecule has 1 aromatic heterocycles. The molecule has 0 saturated heterocycles. The maximum Gasteiger partial charge on any atom is 0.223 e. The summed E-state index contributed by atoms with van der Waals surface area (Å²) in [4.78, 5) is 11.4. The quantitative estimate of drug-likeness (QED) is 0.293. The molecule has 0 radical (unpaired) electrons. The molecule has 0 bridgehead atoms. The highest BCUT2D eigenvalue weighted by Gasteiger charge is 2.04. The van der Waals surface area contributed by atoms with Crippen LogP contribution in [0.15, 0.2) is 17.1 Å². The Morgan fingerprint density at radius 2 is 1.15 bits per heavy atom. The first-order chi connectivity index (χ1) is 13.2. The minimum atomic E-state index is -0.282. The molecular weight excluding hydrogens is 334 g/mol. The summed E-state index contributed by atoms with van der Waals surface area (Å²) in [7, 11) is 0. The first kappa shape index (κ1) is 23.8. The van der Waals surface area contributed by atoms with Crippen molar-refractivity contribution in [2.75, 3.05) is 0 Å². The number of aromatic nitrogens is 1. The van der Waals surface area contributed by atoms with Crippen molar-refractivity contribution in [3.8, 4) is 5.75 Å². The van der Waals surface area contributed by atoms with E-state index in [1.807, 2.05) is 11.5 Å². The van der Waals surface area contributed by atoms with Gasteiger partial charge in [-0.05, 0) is 13.3 Å². The van der Waals surface area contributed by atoms with E-state index in [1.54, 1.807) is 6.20 Å². The largest absolute Gasteiger partial charge is 0.503 e. The van der Waals surface area contributed by atoms with Gasteiger partial charge < -0.3 is 9.67 Å². The predicted octanol–water partition coefficient (Wildman–Crippen LogP) is 7.12. The van der Waals surface area contributed by atoms with Crippen LogP contribution in [0.5, 0.6) is 5.75 Å². The molecule has 0 aliphatic carbocycles. The summed E-state index contributed by atoms with van der Waals surface area (Å²) in [6, 6.07) is 1.45. The fourth-order valence-corrected chi connectivity index (χ4v) is 3.74. The lowest BCUT2D eigenvalue weighted by Gasteiger charge is -2.11. The highest BCUT2D eigenvalue weighted by Crippen LogP contribution is 2.15. The van der Waals surface area contributed by atoms with E-state index in [4.69, 9.17) is 0 Å². The predicted molar refractivity (Wildman–Crippen MR) is 117 cm³/mol. The molecule has 0 aliphatic rings. The van der Waals surface area contributed by atoms with Crippen LogP contribution in [0.2, 0.25) is 0 Å².